The zero-order chi connectivity index (χ0) is 18.4. The van der Waals surface area contributed by atoms with Crippen LogP contribution in [0.4, 0.5) is 5.69 Å². The molecule has 0 spiro atoms. The fraction of sp³-hybridized carbons (Fsp3) is 0.300. The topological polar surface area (TPSA) is 49.4 Å². The molecule has 5 heteroatoms. The van der Waals surface area contributed by atoms with Gasteiger partial charge in [0.25, 0.3) is 0 Å². The summed E-state index contributed by atoms with van der Waals surface area (Å²) >= 11 is 6.04. The van der Waals surface area contributed by atoms with E-state index >= 15 is 0 Å². The quantitative estimate of drug-likeness (QED) is 0.848. The van der Waals surface area contributed by atoms with Crippen molar-refractivity contribution in [3.8, 4) is 0 Å². The van der Waals surface area contributed by atoms with Gasteiger partial charge in [-0.25, -0.2) is 0 Å². The summed E-state index contributed by atoms with van der Waals surface area (Å²) in [4.78, 5) is 25.7. The van der Waals surface area contributed by atoms with Crippen molar-refractivity contribution in [2.24, 2.45) is 0 Å². The van der Waals surface area contributed by atoms with E-state index in [9.17, 15) is 9.59 Å². The molecule has 2 aromatic rings. The highest BCUT2D eigenvalue weighted by molar-refractivity contribution is 6.31. The van der Waals surface area contributed by atoms with E-state index in [1.54, 1.807) is 17.0 Å². The average Bonchev–Trinajstić information content (AvgIpc) is 2.56. The molecule has 2 aromatic carbocycles. The number of aryl methyl sites for hydroxylation is 2. The molecule has 0 radical (unpaired) electrons. The number of anilines is 1. The summed E-state index contributed by atoms with van der Waals surface area (Å²) in [5, 5.41) is 3.46. The van der Waals surface area contributed by atoms with Crippen LogP contribution in [0.1, 0.15) is 30.0 Å². The van der Waals surface area contributed by atoms with E-state index in [0.717, 1.165) is 22.4 Å². The Balaban J connectivity index is 1.95. The number of carbonyl (C=O) groups excluding carboxylic acids is 2. The maximum Gasteiger partial charge on any atom is 0.223 e. The molecule has 132 valence electrons. The zero-order valence-electron chi connectivity index (χ0n) is 14.8. The minimum Gasteiger partial charge on any atom is -0.352 e. The van der Waals surface area contributed by atoms with Crippen LogP contribution in [-0.2, 0) is 16.1 Å². The first-order valence-corrected chi connectivity index (χ1v) is 8.61. The van der Waals surface area contributed by atoms with Gasteiger partial charge in [0.1, 0.15) is 0 Å². The highest BCUT2D eigenvalue weighted by Gasteiger charge is 2.15. The van der Waals surface area contributed by atoms with Crippen LogP contribution in [0.5, 0.6) is 0 Å². The number of nitrogens with one attached hydrogen (secondary N) is 1. The Morgan fingerprint density at radius 1 is 1.12 bits per heavy atom. The van der Waals surface area contributed by atoms with E-state index < -0.39 is 0 Å². The third-order valence-electron chi connectivity index (χ3n) is 3.98. The third kappa shape index (κ3) is 5.61. The maximum absolute atomic E-state index is 12.1. The minimum atomic E-state index is -0.114. The highest BCUT2D eigenvalue weighted by Crippen LogP contribution is 2.24. The van der Waals surface area contributed by atoms with Crippen molar-refractivity contribution in [2.75, 3.05) is 11.4 Å². The van der Waals surface area contributed by atoms with Crippen LogP contribution < -0.4 is 10.2 Å². The Hall–Kier alpha value is -2.33. The summed E-state index contributed by atoms with van der Waals surface area (Å²) in [5.74, 6) is -0.204. The first-order valence-electron chi connectivity index (χ1n) is 8.23. The number of benzene rings is 2. The van der Waals surface area contributed by atoms with Crippen molar-refractivity contribution in [1.29, 1.82) is 0 Å². The molecule has 0 saturated carbocycles. The molecule has 0 heterocycles. The lowest BCUT2D eigenvalue weighted by Crippen LogP contribution is -2.34. The number of hydrogen-bond donors (Lipinski definition) is 1. The second-order valence-corrected chi connectivity index (χ2v) is 6.55. The second kappa shape index (κ2) is 8.67. The van der Waals surface area contributed by atoms with E-state index in [-0.39, 0.29) is 18.2 Å². The predicted molar refractivity (Wildman–Crippen MR) is 102 cm³/mol. The van der Waals surface area contributed by atoms with E-state index in [0.29, 0.717) is 18.1 Å². The van der Waals surface area contributed by atoms with Gasteiger partial charge in [0.05, 0.1) is 0 Å². The van der Waals surface area contributed by atoms with Crippen LogP contribution in [-0.4, -0.2) is 18.4 Å². The van der Waals surface area contributed by atoms with Crippen LogP contribution in [0, 0.1) is 13.8 Å². The van der Waals surface area contributed by atoms with Gasteiger partial charge in [-0.2, -0.15) is 0 Å². The van der Waals surface area contributed by atoms with Crippen LogP contribution in [0.25, 0.3) is 0 Å². The summed E-state index contributed by atoms with van der Waals surface area (Å²) in [5.41, 5.74) is 3.90. The summed E-state index contributed by atoms with van der Waals surface area (Å²) in [7, 11) is 0. The van der Waals surface area contributed by atoms with E-state index in [4.69, 9.17) is 11.6 Å². The summed E-state index contributed by atoms with van der Waals surface area (Å²) in [6.07, 6.45) is 0.233. The van der Waals surface area contributed by atoms with E-state index in [1.807, 2.05) is 44.2 Å². The van der Waals surface area contributed by atoms with Gasteiger partial charge in [0, 0.05) is 37.1 Å². The fourth-order valence-electron chi connectivity index (χ4n) is 2.65. The van der Waals surface area contributed by atoms with Gasteiger partial charge in [0.2, 0.25) is 11.8 Å². The van der Waals surface area contributed by atoms with E-state index in [1.165, 1.54) is 6.92 Å². The normalized spacial score (nSPS) is 10.4. The zero-order valence-corrected chi connectivity index (χ0v) is 15.6. The highest BCUT2D eigenvalue weighted by atomic mass is 35.5. The minimum absolute atomic E-state index is 0.0903. The lowest BCUT2D eigenvalue weighted by Gasteiger charge is -2.23. The fourth-order valence-corrected chi connectivity index (χ4v) is 2.81. The van der Waals surface area contributed by atoms with Crippen molar-refractivity contribution in [2.45, 2.75) is 33.7 Å². The second-order valence-electron chi connectivity index (χ2n) is 6.12. The number of carbonyl (C=O) groups is 2. The maximum atomic E-state index is 12.1. The average molecular weight is 359 g/mol. The lowest BCUT2D eigenvalue weighted by molar-refractivity contribution is -0.121. The van der Waals surface area contributed by atoms with E-state index in [2.05, 4.69) is 5.32 Å². The van der Waals surface area contributed by atoms with Crippen LogP contribution in [0.3, 0.4) is 0 Å². The SMILES string of the molecule is CC(=O)N(CCC(=O)NCc1cccc(C)c1)c1cc(Cl)ccc1C. The van der Waals surface area contributed by atoms with Crippen molar-refractivity contribution < 1.29 is 9.59 Å². The number of hydrogen-bond acceptors (Lipinski definition) is 2. The Bertz CT molecular complexity index is 774. The van der Waals surface area contributed by atoms with Crippen molar-refractivity contribution >= 4 is 29.1 Å². The molecule has 0 aliphatic carbocycles. The van der Waals surface area contributed by atoms with Crippen molar-refractivity contribution in [1.82, 2.24) is 5.32 Å². The largest absolute Gasteiger partial charge is 0.352 e. The number of nitrogens with zero attached hydrogens (tertiary/aromatic N) is 1. The van der Waals surface area contributed by atoms with Crippen LogP contribution >= 0.6 is 11.6 Å². The monoisotopic (exact) mass is 358 g/mol. The van der Waals surface area contributed by atoms with Gasteiger partial charge < -0.3 is 10.2 Å². The summed E-state index contributed by atoms with van der Waals surface area (Å²) in [6, 6.07) is 13.4. The lowest BCUT2D eigenvalue weighted by atomic mass is 10.1. The molecule has 2 rings (SSSR count). The van der Waals surface area contributed by atoms with Gasteiger partial charge in [0.15, 0.2) is 0 Å². The molecule has 0 bridgehead atoms. The predicted octanol–water partition coefficient (Wildman–Crippen LogP) is 4.02. The smallest absolute Gasteiger partial charge is 0.223 e. The first kappa shape index (κ1) is 19.0. The molecule has 0 aliphatic heterocycles. The van der Waals surface area contributed by atoms with Gasteiger partial charge in [-0.1, -0.05) is 47.5 Å². The molecule has 25 heavy (non-hydrogen) atoms. The number of halogens is 1. The molecular formula is C20H23ClN2O2. The van der Waals surface area contributed by atoms with Gasteiger partial charge in [-0.3, -0.25) is 9.59 Å². The molecule has 4 nitrogen and oxygen atoms in total. The Morgan fingerprint density at radius 3 is 2.56 bits per heavy atom. The molecule has 0 atom stereocenters. The molecule has 1 N–H and O–H groups in total. The first-order chi connectivity index (χ1) is 11.9. The molecular weight excluding hydrogens is 336 g/mol. The molecule has 2 amide bonds. The molecule has 0 saturated heterocycles. The van der Waals surface area contributed by atoms with Crippen LogP contribution in [0.2, 0.25) is 5.02 Å². The van der Waals surface area contributed by atoms with Crippen LogP contribution in [0.15, 0.2) is 42.5 Å². The molecule has 0 unspecified atom stereocenters. The van der Waals surface area contributed by atoms with Gasteiger partial charge in [-0.15, -0.1) is 0 Å². The Morgan fingerprint density at radius 2 is 1.88 bits per heavy atom. The standard InChI is InChI=1S/C20H23ClN2O2/c1-14-5-4-6-17(11-14)13-22-20(25)9-10-23(16(3)24)19-12-18(21)8-7-15(19)2/h4-8,11-12H,9-10,13H2,1-3H3,(H,22,25). The Kier molecular flexibility index (Phi) is 6.59. The third-order valence-corrected chi connectivity index (χ3v) is 4.21. The molecule has 0 aliphatic rings. The van der Waals surface area contributed by atoms with Gasteiger partial charge in [-0.05, 0) is 37.1 Å². The molecule has 0 aromatic heterocycles. The molecule has 0 fully saturated rings. The van der Waals surface area contributed by atoms with Crippen molar-refractivity contribution in [3.63, 3.8) is 0 Å². The summed E-state index contributed by atoms with van der Waals surface area (Å²) < 4.78 is 0. The summed E-state index contributed by atoms with van der Waals surface area (Å²) in [6.45, 7) is 6.22. The number of rotatable bonds is 6. The van der Waals surface area contributed by atoms with Gasteiger partial charge >= 0.3 is 0 Å². The van der Waals surface area contributed by atoms with Crippen molar-refractivity contribution in [3.05, 3.63) is 64.2 Å². The Labute approximate surface area is 153 Å². The number of amides is 2.